The number of para-hydroxylation sites is 1. The molecule has 0 spiro atoms. The van der Waals surface area contributed by atoms with E-state index in [-0.39, 0.29) is 5.57 Å². The molecule has 0 aliphatic rings. The van der Waals surface area contributed by atoms with E-state index in [1.807, 2.05) is 42.5 Å². The quantitative estimate of drug-likeness (QED) is 0.488. The molecule has 0 atom stereocenters. The Balaban J connectivity index is 1.67. The lowest BCUT2D eigenvalue weighted by molar-refractivity contribution is 0.422. The number of nitrogens with zero attached hydrogens (tertiary/aromatic N) is 1. The van der Waals surface area contributed by atoms with Crippen molar-refractivity contribution in [1.29, 1.82) is 0 Å². The molecule has 24 heavy (non-hydrogen) atoms. The van der Waals surface area contributed by atoms with Gasteiger partial charge in [0.2, 0.25) is 0 Å². The summed E-state index contributed by atoms with van der Waals surface area (Å²) in [6.07, 6.45) is 2.85. The monoisotopic (exact) mass is 323 g/mol. The molecule has 1 nitrogen and oxygen atoms in total. The lowest BCUT2D eigenvalue weighted by atomic mass is 9.99. The number of hydrogen-bond acceptors (Lipinski definition) is 1. The van der Waals surface area contributed by atoms with E-state index in [4.69, 9.17) is 0 Å². The lowest BCUT2D eigenvalue weighted by Crippen LogP contribution is -1.92. The fraction of sp³-hybridized carbons (Fsp3) is 0.190. The molecular weight excluding hydrogens is 304 g/mol. The molecule has 0 aliphatic heterocycles. The van der Waals surface area contributed by atoms with Crippen LogP contribution in [0, 0.1) is 0 Å². The number of pyridine rings is 1. The Labute approximate surface area is 140 Å². The van der Waals surface area contributed by atoms with Gasteiger partial charge in [0.05, 0.1) is 5.52 Å². The summed E-state index contributed by atoms with van der Waals surface area (Å²) in [6.45, 7) is 0. The first-order valence-electron chi connectivity index (χ1n) is 8.17. The van der Waals surface area contributed by atoms with Gasteiger partial charge in [-0.3, -0.25) is 4.98 Å². The Hall–Kier alpha value is -2.55. The van der Waals surface area contributed by atoms with E-state index in [0.29, 0.717) is 12.0 Å². The van der Waals surface area contributed by atoms with Crippen LogP contribution < -0.4 is 0 Å². The number of unbranched alkanes of at least 4 members (excludes halogenated alkanes) is 1. The van der Waals surface area contributed by atoms with Crippen molar-refractivity contribution >= 4 is 16.5 Å². The number of halogens is 2. The second-order valence-corrected chi connectivity index (χ2v) is 5.85. The molecule has 0 saturated heterocycles. The van der Waals surface area contributed by atoms with Gasteiger partial charge in [0.1, 0.15) is 0 Å². The molecule has 0 amide bonds. The van der Waals surface area contributed by atoms with Crippen LogP contribution in [0.15, 0.2) is 72.9 Å². The summed E-state index contributed by atoms with van der Waals surface area (Å²) in [5, 5.41) is 0.887. The standard InChI is InChI=1S/C21H19F2N/c22-21(23)19(12-6-4-10-16-8-2-1-3-9-16)18-14-17-11-5-7-13-20(17)24-15-18/h1-3,5,7-9,11,13-15H,4,6,10,12H2. The number of aromatic nitrogens is 1. The zero-order chi connectivity index (χ0) is 16.8. The molecule has 2 aromatic carbocycles. The van der Waals surface area contributed by atoms with E-state index < -0.39 is 6.08 Å². The molecule has 0 radical (unpaired) electrons. The summed E-state index contributed by atoms with van der Waals surface area (Å²) >= 11 is 0. The number of benzene rings is 2. The highest BCUT2D eigenvalue weighted by molar-refractivity contribution is 5.82. The molecule has 0 bridgehead atoms. The SMILES string of the molecule is FC(F)=C(CCCCc1ccccc1)c1cnc2ccccc2c1. The van der Waals surface area contributed by atoms with Gasteiger partial charge in [0, 0.05) is 22.7 Å². The molecule has 0 unspecified atom stereocenters. The van der Waals surface area contributed by atoms with Crippen molar-refractivity contribution < 1.29 is 8.78 Å². The van der Waals surface area contributed by atoms with Crippen molar-refractivity contribution in [2.45, 2.75) is 25.7 Å². The van der Waals surface area contributed by atoms with Crippen LogP contribution in [0.4, 0.5) is 8.78 Å². The zero-order valence-corrected chi connectivity index (χ0v) is 13.4. The van der Waals surface area contributed by atoms with Gasteiger partial charge < -0.3 is 0 Å². The molecule has 3 heteroatoms. The van der Waals surface area contributed by atoms with Crippen LogP contribution in [0.1, 0.15) is 30.4 Å². The van der Waals surface area contributed by atoms with Crippen molar-refractivity contribution in [3.63, 3.8) is 0 Å². The number of rotatable bonds is 6. The van der Waals surface area contributed by atoms with Crippen LogP contribution in [0.2, 0.25) is 0 Å². The highest BCUT2D eigenvalue weighted by atomic mass is 19.3. The van der Waals surface area contributed by atoms with Crippen molar-refractivity contribution in [1.82, 2.24) is 4.98 Å². The molecule has 0 aliphatic carbocycles. The third-order valence-corrected chi connectivity index (χ3v) is 4.15. The van der Waals surface area contributed by atoms with Gasteiger partial charge in [-0.05, 0) is 43.4 Å². The summed E-state index contributed by atoms with van der Waals surface area (Å²) < 4.78 is 26.8. The van der Waals surface area contributed by atoms with Gasteiger partial charge >= 0.3 is 0 Å². The Morgan fingerprint density at radius 3 is 2.42 bits per heavy atom. The van der Waals surface area contributed by atoms with Crippen LogP contribution in [-0.2, 0) is 6.42 Å². The maximum absolute atomic E-state index is 13.4. The first-order chi connectivity index (χ1) is 11.7. The van der Waals surface area contributed by atoms with Crippen LogP contribution in [-0.4, -0.2) is 4.98 Å². The van der Waals surface area contributed by atoms with Gasteiger partial charge in [0.25, 0.3) is 6.08 Å². The van der Waals surface area contributed by atoms with E-state index in [2.05, 4.69) is 17.1 Å². The van der Waals surface area contributed by atoms with Crippen LogP contribution >= 0.6 is 0 Å². The van der Waals surface area contributed by atoms with Gasteiger partial charge in [-0.25, -0.2) is 0 Å². The van der Waals surface area contributed by atoms with E-state index in [1.165, 1.54) is 5.56 Å². The summed E-state index contributed by atoms with van der Waals surface area (Å²) in [7, 11) is 0. The van der Waals surface area contributed by atoms with Gasteiger partial charge in [-0.2, -0.15) is 8.78 Å². The van der Waals surface area contributed by atoms with Gasteiger partial charge in [0.15, 0.2) is 0 Å². The second-order valence-electron chi connectivity index (χ2n) is 5.85. The van der Waals surface area contributed by atoms with E-state index in [1.54, 1.807) is 12.3 Å². The van der Waals surface area contributed by atoms with E-state index >= 15 is 0 Å². The van der Waals surface area contributed by atoms with E-state index in [9.17, 15) is 8.78 Å². The van der Waals surface area contributed by atoms with Crippen LogP contribution in [0.5, 0.6) is 0 Å². The molecule has 122 valence electrons. The Kier molecular flexibility index (Phi) is 5.32. The summed E-state index contributed by atoms with van der Waals surface area (Å²) in [5.41, 5.74) is 2.70. The van der Waals surface area contributed by atoms with Crippen molar-refractivity contribution in [3.8, 4) is 0 Å². The van der Waals surface area contributed by atoms with Crippen molar-refractivity contribution in [3.05, 3.63) is 84.1 Å². The molecule has 1 aromatic heterocycles. The minimum atomic E-state index is -1.60. The average Bonchev–Trinajstić information content (AvgIpc) is 2.62. The second kappa shape index (κ2) is 7.82. The smallest absolute Gasteiger partial charge is 0.256 e. The first-order valence-corrected chi connectivity index (χ1v) is 8.17. The highest BCUT2D eigenvalue weighted by Gasteiger charge is 2.10. The number of hydrogen-bond donors (Lipinski definition) is 0. The molecule has 1 heterocycles. The Morgan fingerprint density at radius 2 is 1.62 bits per heavy atom. The molecular formula is C21H19F2N. The highest BCUT2D eigenvalue weighted by Crippen LogP contribution is 2.28. The molecule has 3 aromatic rings. The Bertz CT molecular complexity index is 837. The van der Waals surface area contributed by atoms with Gasteiger partial charge in [-0.15, -0.1) is 0 Å². The maximum Gasteiger partial charge on any atom is 0.274 e. The molecule has 0 saturated carbocycles. The predicted octanol–water partition coefficient (Wildman–Crippen LogP) is 6.26. The van der Waals surface area contributed by atoms with E-state index in [0.717, 1.165) is 30.2 Å². The third-order valence-electron chi connectivity index (χ3n) is 4.15. The van der Waals surface area contributed by atoms with Crippen LogP contribution in [0.25, 0.3) is 16.5 Å². The third kappa shape index (κ3) is 4.05. The minimum absolute atomic E-state index is 0.112. The number of fused-ring (bicyclic) bond motifs is 1. The molecule has 0 N–H and O–H groups in total. The largest absolute Gasteiger partial charge is 0.274 e. The lowest BCUT2D eigenvalue weighted by Gasteiger charge is -2.08. The Morgan fingerprint density at radius 1 is 0.875 bits per heavy atom. The summed E-state index contributed by atoms with van der Waals surface area (Å²) in [5.74, 6) is 0. The fourth-order valence-electron chi connectivity index (χ4n) is 2.86. The normalized spacial score (nSPS) is 10.8. The molecule has 0 fully saturated rings. The van der Waals surface area contributed by atoms with Crippen LogP contribution in [0.3, 0.4) is 0 Å². The first kappa shape index (κ1) is 16.3. The number of aryl methyl sites for hydroxylation is 1. The summed E-state index contributed by atoms with van der Waals surface area (Å²) in [4.78, 5) is 4.29. The minimum Gasteiger partial charge on any atom is -0.256 e. The molecule has 3 rings (SSSR count). The number of allylic oxidation sites excluding steroid dienone is 1. The average molecular weight is 323 g/mol. The van der Waals surface area contributed by atoms with Crippen molar-refractivity contribution in [2.75, 3.05) is 0 Å². The zero-order valence-electron chi connectivity index (χ0n) is 13.4. The topological polar surface area (TPSA) is 12.9 Å². The predicted molar refractivity (Wildman–Crippen MR) is 94.9 cm³/mol. The maximum atomic E-state index is 13.4. The van der Waals surface area contributed by atoms with Crippen molar-refractivity contribution in [2.24, 2.45) is 0 Å². The van der Waals surface area contributed by atoms with Gasteiger partial charge in [-0.1, -0.05) is 48.5 Å². The summed E-state index contributed by atoms with van der Waals surface area (Å²) in [6, 6.07) is 19.5. The fourth-order valence-corrected chi connectivity index (χ4v) is 2.86.